The molecule has 0 atom stereocenters. The van der Waals surface area contributed by atoms with Crippen LogP contribution in [-0.4, -0.2) is 0 Å². The Morgan fingerprint density at radius 3 is 1.71 bits per heavy atom. The molecule has 1 nitrogen and oxygen atoms in total. The molecule has 0 aliphatic heterocycles. The van der Waals surface area contributed by atoms with E-state index in [9.17, 15) is 0 Å². The average Bonchev–Trinajstić information content (AvgIpc) is 3.36. The van der Waals surface area contributed by atoms with Crippen LogP contribution in [0.25, 0.3) is 54.9 Å². The Balaban J connectivity index is 1.20. The highest BCUT2D eigenvalue weighted by atomic mass is 15.1. The van der Waals surface area contributed by atoms with E-state index in [-0.39, 0.29) is 5.41 Å². The lowest BCUT2D eigenvalue weighted by Gasteiger charge is -2.30. The van der Waals surface area contributed by atoms with Gasteiger partial charge in [0.2, 0.25) is 0 Å². The second kappa shape index (κ2) is 11.1. The van der Waals surface area contributed by atoms with Crippen molar-refractivity contribution in [3.8, 4) is 33.4 Å². The van der Waals surface area contributed by atoms with E-state index in [1.165, 1.54) is 66.1 Å². The minimum atomic E-state index is -0.130. The molecule has 0 N–H and O–H groups in total. The van der Waals surface area contributed by atoms with Crippen molar-refractivity contribution in [3.63, 3.8) is 0 Å². The van der Waals surface area contributed by atoms with Crippen molar-refractivity contribution in [1.82, 2.24) is 0 Å². The van der Waals surface area contributed by atoms with Gasteiger partial charge >= 0.3 is 0 Å². The van der Waals surface area contributed by atoms with Gasteiger partial charge in [0.1, 0.15) is 0 Å². The third kappa shape index (κ3) is 4.62. The predicted molar refractivity (Wildman–Crippen MR) is 205 cm³/mol. The first kappa shape index (κ1) is 28.3. The molecule has 8 aromatic rings. The molecule has 1 aliphatic carbocycles. The summed E-state index contributed by atoms with van der Waals surface area (Å²) >= 11 is 0. The van der Waals surface area contributed by atoms with Crippen LogP contribution in [0.5, 0.6) is 0 Å². The van der Waals surface area contributed by atoms with Gasteiger partial charge in [-0.15, -0.1) is 0 Å². The fraction of sp³-hybridized carbons (Fsp3) is 0.0638. The van der Waals surface area contributed by atoms with Gasteiger partial charge in [0.05, 0.1) is 5.69 Å². The van der Waals surface area contributed by atoms with Crippen LogP contribution in [0.2, 0.25) is 0 Å². The SMILES string of the molecule is CC1(C)c2cc(N(c3ccc(-c4ccc5ccccc5c4)cc3)c3ccccc3-c3ccccc3)ccc2-c2cc3ccccc3cc21. The number of fused-ring (bicyclic) bond motifs is 5. The van der Waals surface area contributed by atoms with E-state index < -0.39 is 0 Å². The van der Waals surface area contributed by atoms with Crippen LogP contribution >= 0.6 is 0 Å². The number of anilines is 3. The van der Waals surface area contributed by atoms with Gasteiger partial charge in [-0.1, -0.05) is 141 Å². The molecule has 0 amide bonds. The molecule has 0 saturated heterocycles. The van der Waals surface area contributed by atoms with E-state index in [1.54, 1.807) is 0 Å². The first-order chi connectivity index (χ1) is 23.5. The van der Waals surface area contributed by atoms with Gasteiger partial charge in [-0.25, -0.2) is 0 Å². The van der Waals surface area contributed by atoms with Crippen LogP contribution < -0.4 is 4.90 Å². The third-order valence-electron chi connectivity index (χ3n) is 10.2. The summed E-state index contributed by atoms with van der Waals surface area (Å²) in [6, 6.07) is 64.4. The minimum Gasteiger partial charge on any atom is -0.310 e. The highest BCUT2D eigenvalue weighted by Gasteiger charge is 2.36. The van der Waals surface area contributed by atoms with Crippen molar-refractivity contribution in [2.24, 2.45) is 0 Å². The van der Waals surface area contributed by atoms with E-state index in [0.29, 0.717) is 0 Å². The van der Waals surface area contributed by atoms with Gasteiger partial charge in [-0.2, -0.15) is 0 Å². The molecular weight excluding hydrogens is 579 g/mol. The number of hydrogen-bond donors (Lipinski definition) is 0. The molecule has 0 aromatic heterocycles. The highest BCUT2D eigenvalue weighted by Crippen LogP contribution is 2.52. The number of nitrogens with zero attached hydrogens (tertiary/aromatic N) is 1. The zero-order chi connectivity index (χ0) is 32.2. The molecule has 1 heteroatoms. The van der Waals surface area contributed by atoms with Crippen molar-refractivity contribution < 1.29 is 0 Å². The van der Waals surface area contributed by atoms with Gasteiger partial charge in [-0.05, 0) is 109 Å². The Morgan fingerprint density at radius 2 is 0.938 bits per heavy atom. The topological polar surface area (TPSA) is 3.24 Å². The summed E-state index contributed by atoms with van der Waals surface area (Å²) < 4.78 is 0. The molecule has 8 aromatic carbocycles. The maximum Gasteiger partial charge on any atom is 0.0540 e. The van der Waals surface area contributed by atoms with Crippen LogP contribution in [0, 0.1) is 0 Å². The summed E-state index contributed by atoms with van der Waals surface area (Å²) in [7, 11) is 0. The second-order valence-electron chi connectivity index (χ2n) is 13.4. The summed E-state index contributed by atoms with van der Waals surface area (Å²) in [6.45, 7) is 4.74. The van der Waals surface area contributed by atoms with Gasteiger partial charge < -0.3 is 4.90 Å². The molecule has 0 saturated carbocycles. The van der Waals surface area contributed by atoms with Gasteiger partial charge in [0, 0.05) is 22.4 Å². The predicted octanol–water partition coefficient (Wildman–Crippen LogP) is 13.1. The molecular formula is C47H35N. The summed E-state index contributed by atoms with van der Waals surface area (Å²) in [4.78, 5) is 2.43. The first-order valence-corrected chi connectivity index (χ1v) is 16.8. The van der Waals surface area contributed by atoms with Crippen LogP contribution in [-0.2, 0) is 5.41 Å². The summed E-state index contributed by atoms with van der Waals surface area (Å²) in [5.41, 5.74) is 13.6. The molecule has 9 rings (SSSR count). The van der Waals surface area contributed by atoms with Crippen LogP contribution in [0.3, 0.4) is 0 Å². The van der Waals surface area contributed by atoms with Crippen LogP contribution in [0.4, 0.5) is 17.1 Å². The normalized spacial score (nSPS) is 13.0. The zero-order valence-corrected chi connectivity index (χ0v) is 27.2. The van der Waals surface area contributed by atoms with E-state index in [4.69, 9.17) is 0 Å². The van der Waals surface area contributed by atoms with Gasteiger partial charge in [-0.3, -0.25) is 0 Å². The van der Waals surface area contributed by atoms with E-state index in [2.05, 4.69) is 195 Å². The first-order valence-electron chi connectivity index (χ1n) is 16.8. The molecule has 0 spiro atoms. The molecule has 0 unspecified atom stereocenters. The second-order valence-corrected chi connectivity index (χ2v) is 13.4. The molecule has 1 aliphatic rings. The molecule has 0 fully saturated rings. The quantitative estimate of drug-likeness (QED) is 0.187. The lowest BCUT2D eigenvalue weighted by Crippen LogP contribution is -2.17. The Bertz CT molecular complexity index is 2470. The molecule has 0 heterocycles. The maximum absolute atomic E-state index is 2.43. The lowest BCUT2D eigenvalue weighted by molar-refractivity contribution is 0.661. The Morgan fingerprint density at radius 1 is 0.354 bits per heavy atom. The van der Waals surface area contributed by atoms with Crippen molar-refractivity contribution >= 4 is 38.6 Å². The van der Waals surface area contributed by atoms with Gasteiger partial charge in [0.25, 0.3) is 0 Å². The summed E-state index contributed by atoms with van der Waals surface area (Å²) in [6.07, 6.45) is 0. The number of benzene rings is 8. The molecule has 228 valence electrons. The van der Waals surface area contributed by atoms with Crippen molar-refractivity contribution in [1.29, 1.82) is 0 Å². The standard InChI is InChI=1S/C47H35N/c1-47(2)44-30-37-17-9-8-16-36(37)29-43(44)42-27-26-40(31-45(42)47)48(46-19-11-10-18-41(46)34-13-4-3-5-14-34)39-24-22-33(23-25-39)38-21-20-32-12-6-7-15-35(32)28-38/h3-31H,1-2H3. The number of hydrogen-bond acceptors (Lipinski definition) is 1. The van der Waals surface area contributed by atoms with Crippen molar-refractivity contribution in [3.05, 3.63) is 187 Å². The van der Waals surface area contributed by atoms with Crippen LogP contribution in [0.15, 0.2) is 176 Å². The highest BCUT2D eigenvalue weighted by molar-refractivity contribution is 5.95. The van der Waals surface area contributed by atoms with Crippen molar-refractivity contribution in [2.45, 2.75) is 19.3 Å². The Labute approximate surface area is 282 Å². The number of para-hydroxylation sites is 1. The van der Waals surface area contributed by atoms with E-state index in [1.807, 2.05) is 0 Å². The summed E-state index contributed by atoms with van der Waals surface area (Å²) in [5, 5.41) is 5.10. The fourth-order valence-corrected chi connectivity index (χ4v) is 7.68. The lowest BCUT2D eigenvalue weighted by atomic mass is 9.81. The fourth-order valence-electron chi connectivity index (χ4n) is 7.68. The summed E-state index contributed by atoms with van der Waals surface area (Å²) in [5.74, 6) is 0. The van der Waals surface area contributed by atoms with Crippen molar-refractivity contribution in [2.75, 3.05) is 4.90 Å². The van der Waals surface area contributed by atoms with E-state index >= 15 is 0 Å². The molecule has 48 heavy (non-hydrogen) atoms. The average molecular weight is 614 g/mol. The van der Waals surface area contributed by atoms with E-state index in [0.717, 1.165) is 17.1 Å². The monoisotopic (exact) mass is 613 g/mol. The maximum atomic E-state index is 2.43. The number of rotatable bonds is 5. The smallest absolute Gasteiger partial charge is 0.0540 e. The molecule has 0 bridgehead atoms. The molecule has 0 radical (unpaired) electrons. The Hall–Kier alpha value is -5.92. The van der Waals surface area contributed by atoms with Crippen LogP contribution in [0.1, 0.15) is 25.0 Å². The largest absolute Gasteiger partial charge is 0.310 e. The Kier molecular flexibility index (Phi) is 6.55. The van der Waals surface area contributed by atoms with Gasteiger partial charge in [0.15, 0.2) is 0 Å². The zero-order valence-electron chi connectivity index (χ0n) is 27.2. The minimum absolute atomic E-state index is 0.130. The third-order valence-corrected chi connectivity index (χ3v) is 10.2.